The minimum absolute atomic E-state index is 0.307. The van der Waals surface area contributed by atoms with E-state index in [1.807, 2.05) is 42.6 Å². The van der Waals surface area contributed by atoms with Gasteiger partial charge in [0.15, 0.2) is 0 Å². The summed E-state index contributed by atoms with van der Waals surface area (Å²) in [7, 11) is 0. The predicted octanol–water partition coefficient (Wildman–Crippen LogP) is 2.97. The highest BCUT2D eigenvalue weighted by molar-refractivity contribution is 7.95. The van der Waals surface area contributed by atoms with Gasteiger partial charge in [-0.1, -0.05) is 24.1 Å². The molecule has 2 heterocycles. The number of aromatic amines is 1. The fraction of sp³-hybridized carbons (Fsp3) is 0.158. The third-order valence-electron chi connectivity index (χ3n) is 3.72. The Balaban J connectivity index is 1.50. The molecule has 0 bridgehead atoms. The summed E-state index contributed by atoms with van der Waals surface area (Å²) in [4.78, 5) is 19.0. The average molecular weight is 365 g/mol. The van der Waals surface area contributed by atoms with Gasteiger partial charge in [-0.3, -0.25) is 4.79 Å². The van der Waals surface area contributed by atoms with Crippen LogP contribution in [-0.4, -0.2) is 15.9 Å². The van der Waals surface area contributed by atoms with E-state index in [9.17, 15) is 4.79 Å². The van der Waals surface area contributed by atoms with E-state index in [4.69, 9.17) is 0 Å². The Bertz CT molecular complexity index is 957. The summed E-state index contributed by atoms with van der Waals surface area (Å²) in [5.41, 5.74) is 3.82. The molecule has 0 aliphatic heterocycles. The van der Waals surface area contributed by atoms with Crippen LogP contribution >= 0.6 is 12.1 Å². The molecule has 132 valence electrons. The zero-order valence-corrected chi connectivity index (χ0v) is 15.1. The minimum Gasteiger partial charge on any atom is -0.346 e. The second kappa shape index (κ2) is 9.06. The number of aromatic nitrogens is 2. The summed E-state index contributed by atoms with van der Waals surface area (Å²) < 4.78 is 6.54. The van der Waals surface area contributed by atoms with Gasteiger partial charge < -0.3 is 10.3 Å². The maximum absolute atomic E-state index is 11.7. The van der Waals surface area contributed by atoms with Crippen LogP contribution < -0.4 is 14.8 Å². The molecule has 0 fully saturated rings. The Hall–Kier alpha value is -2.79. The third kappa shape index (κ3) is 4.64. The van der Waals surface area contributed by atoms with Gasteiger partial charge in [0.2, 0.25) is 0 Å². The summed E-state index contributed by atoms with van der Waals surface area (Å²) in [5.74, 6) is 4.77. The molecule has 1 amide bonds. The maximum Gasteiger partial charge on any atom is 0.300 e. The lowest BCUT2D eigenvalue weighted by Crippen LogP contribution is -2.16. The van der Waals surface area contributed by atoms with E-state index in [0.717, 1.165) is 22.3 Å². The lowest BCUT2D eigenvalue weighted by atomic mass is 10.2. The fourth-order valence-corrected chi connectivity index (χ4v) is 3.07. The van der Waals surface area contributed by atoms with Crippen LogP contribution in [0.4, 0.5) is 5.69 Å². The van der Waals surface area contributed by atoms with Crippen LogP contribution in [0.3, 0.4) is 0 Å². The number of benzene rings is 1. The second-order valence-electron chi connectivity index (χ2n) is 5.44. The number of hydrogen-bond acceptors (Lipinski definition) is 5. The number of nitrogens with zero attached hydrogens (tertiary/aromatic N) is 1. The van der Waals surface area contributed by atoms with Crippen molar-refractivity contribution in [2.24, 2.45) is 0 Å². The predicted molar refractivity (Wildman–Crippen MR) is 106 cm³/mol. The van der Waals surface area contributed by atoms with Gasteiger partial charge in [-0.25, -0.2) is 14.4 Å². The van der Waals surface area contributed by atoms with Crippen molar-refractivity contribution < 1.29 is 4.79 Å². The first-order valence-electron chi connectivity index (χ1n) is 8.12. The molecule has 2 aromatic heterocycles. The van der Waals surface area contributed by atoms with Gasteiger partial charge in [-0.05, 0) is 42.2 Å². The molecule has 0 radical (unpaired) electrons. The number of nitrogens with one attached hydrogen (secondary N) is 4. The number of anilines is 1. The number of carbonyl (C=O) groups excluding carboxylic acids is 1. The molecule has 0 aliphatic rings. The molecule has 0 saturated carbocycles. The first-order chi connectivity index (χ1) is 12.8. The Kier molecular flexibility index (Phi) is 6.28. The van der Waals surface area contributed by atoms with E-state index in [0.29, 0.717) is 13.1 Å². The van der Waals surface area contributed by atoms with Gasteiger partial charge in [-0.2, -0.15) is 0 Å². The van der Waals surface area contributed by atoms with E-state index in [1.54, 1.807) is 13.1 Å². The third-order valence-corrected chi connectivity index (χ3v) is 4.30. The quantitative estimate of drug-likeness (QED) is 0.294. The van der Waals surface area contributed by atoms with E-state index < -0.39 is 0 Å². The number of hydrogen-bond donors (Lipinski definition) is 4. The molecular weight excluding hydrogens is 346 g/mol. The highest BCUT2D eigenvalue weighted by Crippen LogP contribution is 2.17. The van der Waals surface area contributed by atoms with Gasteiger partial charge in [0.05, 0.1) is 0 Å². The highest BCUT2D eigenvalue weighted by Gasteiger charge is 2.05. The number of amides is 1. The van der Waals surface area contributed by atoms with Crippen molar-refractivity contribution in [2.75, 3.05) is 5.32 Å². The number of pyridine rings is 1. The van der Waals surface area contributed by atoms with Gasteiger partial charge in [0, 0.05) is 48.7 Å². The van der Waals surface area contributed by atoms with Crippen molar-refractivity contribution in [1.82, 2.24) is 19.4 Å². The zero-order chi connectivity index (χ0) is 18.2. The second-order valence-corrected chi connectivity index (χ2v) is 6.22. The fourth-order valence-electron chi connectivity index (χ4n) is 2.51. The van der Waals surface area contributed by atoms with Crippen molar-refractivity contribution >= 4 is 34.8 Å². The smallest absolute Gasteiger partial charge is 0.300 e. The van der Waals surface area contributed by atoms with Crippen molar-refractivity contribution in [3.8, 4) is 11.8 Å². The molecule has 3 rings (SSSR count). The molecule has 4 N–H and O–H groups in total. The normalized spacial score (nSPS) is 10.3. The Morgan fingerprint density at radius 3 is 2.81 bits per heavy atom. The highest BCUT2D eigenvalue weighted by atomic mass is 32.2. The van der Waals surface area contributed by atoms with Crippen LogP contribution in [0.25, 0.3) is 11.0 Å². The van der Waals surface area contributed by atoms with Gasteiger partial charge in [0.1, 0.15) is 5.65 Å². The number of carbonyl (C=O) groups is 1. The summed E-state index contributed by atoms with van der Waals surface area (Å²) in [6.07, 6.45) is 3.69. The number of para-hydroxylation sites is 1. The molecule has 6 nitrogen and oxygen atoms in total. The van der Waals surface area contributed by atoms with Gasteiger partial charge in [0.25, 0.3) is 5.91 Å². The van der Waals surface area contributed by atoms with E-state index in [-0.39, 0.29) is 5.91 Å². The molecule has 26 heavy (non-hydrogen) atoms. The van der Waals surface area contributed by atoms with Crippen LogP contribution in [0.1, 0.15) is 18.1 Å². The van der Waals surface area contributed by atoms with Crippen LogP contribution in [0, 0.1) is 11.8 Å². The summed E-state index contributed by atoms with van der Waals surface area (Å²) in [6, 6.07) is 11.7. The summed E-state index contributed by atoms with van der Waals surface area (Å²) in [5, 5.41) is 3.92. The SMILES string of the molecule is CC#CC(=O)Nc1ccccc1CNSNCc1ccnc2[nH]ccc12. The molecule has 0 spiro atoms. The largest absolute Gasteiger partial charge is 0.346 e. The average Bonchev–Trinajstić information content (AvgIpc) is 3.12. The molecule has 7 heteroatoms. The molecule has 0 aliphatic carbocycles. The van der Waals surface area contributed by atoms with Crippen molar-refractivity contribution in [1.29, 1.82) is 0 Å². The first-order valence-corrected chi connectivity index (χ1v) is 8.93. The Labute approximate surface area is 156 Å². The molecule has 0 atom stereocenters. The molecule has 1 aromatic carbocycles. The molecule has 3 aromatic rings. The minimum atomic E-state index is -0.307. The number of fused-ring (bicyclic) bond motifs is 1. The summed E-state index contributed by atoms with van der Waals surface area (Å²) in [6.45, 7) is 2.95. The van der Waals surface area contributed by atoms with Crippen molar-refractivity contribution in [3.63, 3.8) is 0 Å². The molecule has 0 unspecified atom stereocenters. The first kappa shape index (κ1) is 18.0. The lowest BCUT2D eigenvalue weighted by Gasteiger charge is -2.10. The van der Waals surface area contributed by atoms with Crippen LogP contribution in [0.2, 0.25) is 0 Å². The van der Waals surface area contributed by atoms with E-state index >= 15 is 0 Å². The van der Waals surface area contributed by atoms with Crippen molar-refractivity contribution in [3.05, 3.63) is 59.9 Å². The Morgan fingerprint density at radius 2 is 1.96 bits per heavy atom. The standard InChI is InChI=1S/C19H19N5OS/c1-2-5-18(25)24-17-7-4-3-6-15(17)13-23-26-22-12-14-8-10-20-19-16(14)9-11-21-19/h3-4,6-11,22-23H,12-13H2,1H3,(H,20,21)(H,24,25). The van der Waals surface area contributed by atoms with Crippen LogP contribution in [0.5, 0.6) is 0 Å². The molecular formula is C19H19N5OS. The topological polar surface area (TPSA) is 81.8 Å². The zero-order valence-electron chi connectivity index (χ0n) is 14.3. The van der Waals surface area contributed by atoms with Gasteiger partial charge >= 0.3 is 0 Å². The van der Waals surface area contributed by atoms with Crippen LogP contribution in [-0.2, 0) is 17.9 Å². The number of rotatable bonds is 7. The van der Waals surface area contributed by atoms with E-state index in [2.05, 4.69) is 36.6 Å². The van der Waals surface area contributed by atoms with E-state index in [1.165, 1.54) is 17.7 Å². The lowest BCUT2D eigenvalue weighted by molar-refractivity contribution is -0.111. The summed E-state index contributed by atoms with van der Waals surface area (Å²) >= 11 is 1.42. The van der Waals surface area contributed by atoms with Crippen LogP contribution in [0.15, 0.2) is 48.8 Å². The number of H-pyrrole nitrogens is 1. The molecule has 0 saturated heterocycles. The van der Waals surface area contributed by atoms with Gasteiger partial charge in [-0.15, -0.1) is 0 Å². The maximum atomic E-state index is 11.7. The Morgan fingerprint density at radius 1 is 1.15 bits per heavy atom. The monoisotopic (exact) mass is 365 g/mol. The van der Waals surface area contributed by atoms with Crippen molar-refractivity contribution in [2.45, 2.75) is 20.0 Å².